The lowest BCUT2D eigenvalue weighted by molar-refractivity contribution is 0.0303. The van der Waals surface area contributed by atoms with E-state index in [2.05, 4.69) is 9.80 Å². The van der Waals surface area contributed by atoms with Gasteiger partial charge in [0.15, 0.2) is 0 Å². The number of benzene rings is 3. The molecule has 0 spiro atoms. The fourth-order valence-corrected chi connectivity index (χ4v) is 7.13. The van der Waals surface area contributed by atoms with Crippen molar-refractivity contribution in [1.29, 1.82) is 0 Å². The van der Waals surface area contributed by atoms with Crippen LogP contribution in [0, 0.1) is 5.82 Å². The molecule has 8 rings (SSSR count). The number of halogens is 1. The highest BCUT2D eigenvalue weighted by Crippen LogP contribution is 2.40. The van der Waals surface area contributed by atoms with Gasteiger partial charge in [0.25, 0.3) is 5.91 Å². The number of anilines is 4. The quantitative estimate of drug-likeness (QED) is 0.175. The Morgan fingerprint density at radius 3 is 1.98 bits per heavy atom. The van der Waals surface area contributed by atoms with Crippen molar-refractivity contribution in [2.45, 2.75) is 19.5 Å². The summed E-state index contributed by atoms with van der Waals surface area (Å²) >= 11 is 0. The minimum absolute atomic E-state index is 0.147. The van der Waals surface area contributed by atoms with Crippen LogP contribution in [0.3, 0.4) is 0 Å². The number of fused-ring (bicyclic) bond motifs is 1. The standard InChI is InChI=1S/C41H43FN8O5/c1-52-32-8-3-28(4-9-32)26-49(27-29-5-10-33(53-2)11-6-29)40-43-24-31(25-44-40)37-34-13-14-50(38(34)46-41(45-37)48-17-21-55-22-18-48)36-23-30(7-12-35(36)42)39(51)47-15-19-54-20-16-47/h3-12,23-25H,13-22,26-27H2,1-2H3. The van der Waals surface area contributed by atoms with Crippen molar-refractivity contribution in [3.8, 4) is 22.8 Å². The highest BCUT2D eigenvalue weighted by atomic mass is 19.1. The molecule has 0 N–H and O–H groups in total. The summed E-state index contributed by atoms with van der Waals surface area (Å²) < 4.78 is 37.5. The number of aromatic nitrogens is 4. The third kappa shape index (κ3) is 7.87. The first kappa shape index (κ1) is 36.1. The van der Waals surface area contributed by atoms with Gasteiger partial charge < -0.3 is 38.5 Å². The zero-order valence-electron chi connectivity index (χ0n) is 31.0. The Morgan fingerprint density at radius 1 is 0.782 bits per heavy atom. The molecule has 284 valence electrons. The van der Waals surface area contributed by atoms with E-state index < -0.39 is 5.82 Å². The van der Waals surface area contributed by atoms with E-state index in [1.165, 1.54) is 6.07 Å². The summed E-state index contributed by atoms with van der Waals surface area (Å²) in [6, 6.07) is 20.5. The summed E-state index contributed by atoms with van der Waals surface area (Å²) in [7, 11) is 3.31. The second-order valence-electron chi connectivity index (χ2n) is 13.6. The van der Waals surface area contributed by atoms with Crippen LogP contribution in [0.5, 0.6) is 11.5 Å². The van der Waals surface area contributed by atoms with Crippen molar-refractivity contribution >= 4 is 29.3 Å². The molecule has 0 unspecified atom stereocenters. The summed E-state index contributed by atoms with van der Waals surface area (Å²) in [4.78, 5) is 41.1. The predicted molar refractivity (Wildman–Crippen MR) is 206 cm³/mol. The molecule has 14 heteroatoms. The molecule has 0 radical (unpaired) electrons. The number of hydrogen-bond acceptors (Lipinski definition) is 12. The van der Waals surface area contributed by atoms with E-state index in [9.17, 15) is 4.79 Å². The van der Waals surface area contributed by atoms with E-state index in [1.54, 1.807) is 43.6 Å². The molecule has 3 aromatic carbocycles. The normalized spacial score (nSPS) is 15.5. The summed E-state index contributed by atoms with van der Waals surface area (Å²) in [5.41, 5.74) is 5.17. The third-order valence-electron chi connectivity index (χ3n) is 10.2. The molecule has 3 aliphatic rings. The van der Waals surface area contributed by atoms with Gasteiger partial charge in [0.1, 0.15) is 23.1 Å². The maximum absolute atomic E-state index is 15.7. The molecule has 5 heterocycles. The van der Waals surface area contributed by atoms with Crippen LogP contribution >= 0.6 is 0 Å². The topological polar surface area (TPSA) is 119 Å². The molecule has 2 saturated heterocycles. The minimum Gasteiger partial charge on any atom is -0.497 e. The number of carbonyl (C=O) groups excluding carboxylic acids is 1. The molecular weight excluding hydrogens is 704 g/mol. The van der Waals surface area contributed by atoms with Crippen LogP contribution in [0.25, 0.3) is 11.3 Å². The Hall–Kier alpha value is -5.86. The number of morpholine rings is 2. The van der Waals surface area contributed by atoms with Gasteiger partial charge in [-0.3, -0.25) is 4.79 Å². The highest BCUT2D eigenvalue weighted by molar-refractivity contribution is 5.95. The number of ether oxygens (including phenoxy) is 4. The van der Waals surface area contributed by atoms with Gasteiger partial charge in [-0.1, -0.05) is 24.3 Å². The molecule has 3 aliphatic heterocycles. The first-order valence-electron chi connectivity index (χ1n) is 18.5. The summed E-state index contributed by atoms with van der Waals surface area (Å²) in [5, 5.41) is 0. The first-order chi connectivity index (χ1) is 27.0. The van der Waals surface area contributed by atoms with Gasteiger partial charge >= 0.3 is 0 Å². The largest absolute Gasteiger partial charge is 0.497 e. The lowest BCUT2D eigenvalue weighted by Crippen LogP contribution is -2.40. The lowest BCUT2D eigenvalue weighted by Gasteiger charge is -2.29. The van der Waals surface area contributed by atoms with Crippen molar-refractivity contribution in [3.05, 3.63) is 107 Å². The monoisotopic (exact) mass is 746 g/mol. The molecule has 0 bridgehead atoms. The Bertz CT molecular complexity index is 2060. The summed E-state index contributed by atoms with van der Waals surface area (Å²) in [6.45, 7) is 5.90. The third-order valence-corrected chi connectivity index (χ3v) is 10.2. The van der Waals surface area contributed by atoms with Crippen LogP contribution in [-0.4, -0.2) is 104 Å². The van der Waals surface area contributed by atoms with Gasteiger partial charge in [0.2, 0.25) is 11.9 Å². The molecule has 2 aromatic heterocycles. The molecule has 2 fully saturated rings. The van der Waals surface area contributed by atoms with Gasteiger partial charge in [-0.2, -0.15) is 4.98 Å². The number of carbonyl (C=O) groups is 1. The maximum atomic E-state index is 15.7. The Labute approximate surface area is 319 Å². The molecular formula is C41H43FN8O5. The van der Waals surface area contributed by atoms with Crippen LogP contribution in [0.2, 0.25) is 0 Å². The van der Waals surface area contributed by atoms with E-state index >= 15 is 4.39 Å². The average Bonchev–Trinajstić information content (AvgIpc) is 3.68. The van der Waals surface area contributed by atoms with E-state index in [1.807, 2.05) is 53.4 Å². The molecule has 13 nitrogen and oxygen atoms in total. The molecule has 55 heavy (non-hydrogen) atoms. The fourth-order valence-electron chi connectivity index (χ4n) is 7.13. The Kier molecular flexibility index (Phi) is 10.7. The van der Waals surface area contributed by atoms with Crippen LogP contribution in [0.1, 0.15) is 27.0 Å². The second-order valence-corrected chi connectivity index (χ2v) is 13.6. The maximum Gasteiger partial charge on any atom is 0.254 e. The van der Waals surface area contributed by atoms with Crippen molar-refractivity contribution in [2.75, 3.05) is 88.1 Å². The van der Waals surface area contributed by atoms with Gasteiger partial charge in [-0.05, 0) is 60.0 Å². The van der Waals surface area contributed by atoms with Crippen molar-refractivity contribution in [1.82, 2.24) is 24.8 Å². The van der Waals surface area contributed by atoms with Crippen molar-refractivity contribution in [3.63, 3.8) is 0 Å². The fraction of sp³-hybridized carbons (Fsp3) is 0.341. The van der Waals surface area contributed by atoms with E-state index in [-0.39, 0.29) is 5.91 Å². The minimum atomic E-state index is -0.430. The van der Waals surface area contributed by atoms with Gasteiger partial charge in [-0.25, -0.2) is 19.3 Å². The number of methoxy groups -OCH3 is 2. The van der Waals surface area contributed by atoms with E-state index in [4.69, 9.17) is 38.9 Å². The van der Waals surface area contributed by atoms with E-state index in [0.29, 0.717) is 113 Å². The zero-order chi connectivity index (χ0) is 37.7. The number of hydrogen-bond donors (Lipinski definition) is 0. The highest BCUT2D eigenvalue weighted by Gasteiger charge is 2.32. The molecule has 0 atom stereocenters. The molecule has 1 amide bonds. The van der Waals surface area contributed by atoms with Crippen molar-refractivity contribution in [2.24, 2.45) is 0 Å². The number of amides is 1. The summed E-state index contributed by atoms with van der Waals surface area (Å²) in [5.74, 6) is 2.68. The van der Waals surface area contributed by atoms with E-state index in [0.717, 1.165) is 33.8 Å². The van der Waals surface area contributed by atoms with Crippen molar-refractivity contribution < 1.29 is 28.1 Å². The summed E-state index contributed by atoms with van der Waals surface area (Å²) in [6.07, 6.45) is 4.17. The second kappa shape index (κ2) is 16.2. The number of rotatable bonds is 11. The molecule has 0 saturated carbocycles. The van der Waals surface area contributed by atoms with Crippen LogP contribution in [0.4, 0.5) is 27.8 Å². The average molecular weight is 747 g/mol. The molecule has 0 aliphatic carbocycles. The Balaban J connectivity index is 1.14. The zero-order valence-corrected chi connectivity index (χ0v) is 31.0. The van der Waals surface area contributed by atoms with Crippen LogP contribution < -0.4 is 24.2 Å². The Morgan fingerprint density at radius 2 is 1.38 bits per heavy atom. The smallest absolute Gasteiger partial charge is 0.254 e. The van der Waals surface area contributed by atoms with Crippen LogP contribution in [0.15, 0.2) is 79.1 Å². The van der Waals surface area contributed by atoms with Gasteiger partial charge in [-0.15, -0.1) is 0 Å². The van der Waals surface area contributed by atoms with Crippen LogP contribution in [-0.2, 0) is 29.0 Å². The predicted octanol–water partition coefficient (Wildman–Crippen LogP) is 5.30. The van der Waals surface area contributed by atoms with Gasteiger partial charge in [0, 0.05) is 74.9 Å². The number of nitrogens with zero attached hydrogens (tertiary/aromatic N) is 8. The van der Waals surface area contributed by atoms with Gasteiger partial charge in [0.05, 0.1) is 52.0 Å². The SMILES string of the molecule is COc1ccc(CN(Cc2ccc(OC)cc2)c2ncc(-c3nc(N4CCOCC4)nc4c3CCN4c3cc(C(=O)N4CCOCC4)ccc3F)cn2)cc1. The first-order valence-corrected chi connectivity index (χ1v) is 18.5. The molecule has 5 aromatic rings. The lowest BCUT2D eigenvalue weighted by atomic mass is 10.1.